The van der Waals surface area contributed by atoms with Gasteiger partial charge in [0.15, 0.2) is 11.6 Å². The first-order valence-corrected chi connectivity index (χ1v) is 7.64. The van der Waals surface area contributed by atoms with Crippen LogP contribution in [0.25, 0.3) is 0 Å². The number of aliphatic carboxylic acids is 2. The Hall–Kier alpha value is -2.81. The Kier molecular flexibility index (Phi) is 10.4. The molecule has 0 aliphatic heterocycles. The number of nitrogens with one attached hydrogen (secondary N) is 1. The van der Waals surface area contributed by atoms with Gasteiger partial charge in [0.1, 0.15) is 0 Å². The van der Waals surface area contributed by atoms with E-state index in [1.807, 2.05) is 13.8 Å². The molecule has 26 heavy (non-hydrogen) atoms. The van der Waals surface area contributed by atoms with Crippen LogP contribution in [0, 0.1) is 11.6 Å². The summed E-state index contributed by atoms with van der Waals surface area (Å²) < 4.78 is 25.8. The molecule has 0 aliphatic rings. The third-order valence-corrected chi connectivity index (χ3v) is 2.98. The number of likely N-dealkylation sites (N-methyl/N-ethyl adjacent to an activating group) is 1. The number of carbonyl (C=O) groups is 3. The van der Waals surface area contributed by atoms with E-state index in [1.165, 1.54) is 6.07 Å². The molecule has 1 rings (SSSR count). The average molecular weight is 372 g/mol. The molecule has 0 aliphatic carbocycles. The summed E-state index contributed by atoms with van der Waals surface area (Å²) in [5.41, 5.74) is 1.30. The SMILES string of the molecule is C=C(C)CN(CC)CCC(=O)Nc1ccc(F)c(F)c1.O=C(O)C(=O)O. The highest BCUT2D eigenvalue weighted by Crippen LogP contribution is 2.13. The third kappa shape index (κ3) is 10.1. The van der Waals surface area contributed by atoms with Gasteiger partial charge < -0.3 is 15.5 Å². The van der Waals surface area contributed by atoms with Gasteiger partial charge in [0.25, 0.3) is 0 Å². The first-order valence-electron chi connectivity index (χ1n) is 7.64. The van der Waals surface area contributed by atoms with Gasteiger partial charge in [0, 0.05) is 31.3 Å². The van der Waals surface area contributed by atoms with Crippen molar-refractivity contribution in [1.82, 2.24) is 4.90 Å². The van der Waals surface area contributed by atoms with Gasteiger partial charge in [0.05, 0.1) is 0 Å². The molecule has 1 amide bonds. The van der Waals surface area contributed by atoms with Crippen LogP contribution in [0.3, 0.4) is 0 Å². The van der Waals surface area contributed by atoms with Gasteiger partial charge >= 0.3 is 11.9 Å². The highest BCUT2D eigenvalue weighted by molar-refractivity contribution is 6.27. The van der Waals surface area contributed by atoms with Gasteiger partial charge in [-0.05, 0) is 25.6 Å². The molecular formula is C17H22F2N2O5. The zero-order valence-electron chi connectivity index (χ0n) is 14.6. The lowest BCUT2D eigenvalue weighted by Gasteiger charge is -2.19. The number of hydrogen-bond acceptors (Lipinski definition) is 4. The minimum Gasteiger partial charge on any atom is -0.473 e. The van der Waals surface area contributed by atoms with Gasteiger partial charge in [-0.2, -0.15) is 0 Å². The number of halogens is 2. The van der Waals surface area contributed by atoms with Crippen molar-refractivity contribution < 1.29 is 33.4 Å². The van der Waals surface area contributed by atoms with E-state index in [4.69, 9.17) is 19.8 Å². The first kappa shape index (κ1) is 23.2. The van der Waals surface area contributed by atoms with Crippen LogP contribution in [-0.4, -0.2) is 52.6 Å². The maximum Gasteiger partial charge on any atom is 0.414 e. The summed E-state index contributed by atoms with van der Waals surface area (Å²) in [6.45, 7) is 9.95. The third-order valence-electron chi connectivity index (χ3n) is 2.98. The average Bonchev–Trinajstić information content (AvgIpc) is 2.55. The number of rotatable bonds is 7. The van der Waals surface area contributed by atoms with Crippen molar-refractivity contribution >= 4 is 23.5 Å². The van der Waals surface area contributed by atoms with Gasteiger partial charge in [-0.25, -0.2) is 18.4 Å². The Bertz CT molecular complexity index is 653. The standard InChI is InChI=1S/C15H20F2N2O.C2H2O4/c1-4-19(10-11(2)3)8-7-15(20)18-12-5-6-13(16)14(17)9-12;3-1(4)2(5)6/h5-6,9H,2,4,7-8,10H2,1,3H3,(H,18,20);(H,3,4)(H,5,6). The van der Waals surface area contributed by atoms with E-state index >= 15 is 0 Å². The van der Waals surface area contributed by atoms with Crippen molar-refractivity contribution in [2.75, 3.05) is 25.0 Å². The summed E-state index contributed by atoms with van der Waals surface area (Å²) in [5.74, 6) is -5.77. The Morgan fingerprint density at radius 2 is 1.73 bits per heavy atom. The highest BCUT2D eigenvalue weighted by Gasteiger charge is 2.09. The number of amides is 1. The number of carbonyl (C=O) groups excluding carboxylic acids is 1. The molecular weight excluding hydrogens is 350 g/mol. The van der Waals surface area contributed by atoms with Crippen LogP contribution in [0.5, 0.6) is 0 Å². The van der Waals surface area contributed by atoms with Gasteiger partial charge in [0.2, 0.25) is 5.91 Å². The van der Waals surface area contributed by atoms with Crippen molar-refractivity contribution in [3.8, 4) is 0 Å². The van der Waals surface area contributed by atoms with E-state index in [0.29, 0.717) is 13.0 Å². The number of hydrogen-bond donors (Lipinski definition) is 3. The van der Waals surface area contributed by atoms with E-state index in [1.54, 1.807) is 0 Å². The predicted octanol–water partition coefficient (Wildman–Crippen LogP) is 2.35. The molecule has 7 nitrogen and oxygen atoms in total. The van der Waals surface area contributed by atoms with Gasteiger partial charge in [-0.15, -0.1) is 0 Å². The van der Waals surface area contributed by atoms with E-state index in [2.05, 4.69) is 16.8 Å². The van der Waals surface area contributed by atoms with E-state index in [-0.39, 0.29) is 11.6 Å². The Labute approximate surface area is 149 Å². The number of carboxylic acids is 2. The van der Waals surface area contributed by atoms with Crippen LogP contribution in [0.2, 0.25) is 0 Å². The zero-order chi connectivity index (χ0) is 20.3. The number of nitrogens with zero attached hydrogens (tertiary/aromatic N) is 1. The second kappa shape index (κ2) is 11.7. The summed E-state index contributed by atoms with van der Waals surface area (Å²) in [5, 5.41) is 17.3. The largest absolute Gasteiger partial charge is 0.473 e. The Morgan fingerprint density at radius 3 is 2.15 bits per heavy atom. The maximum atomic E-state index is 13.0. The minimum atomic E-state index is -1.82. The molecule has 9 heteroatoms. The molecule has 0 atom stereocenters. The fourth-order valence-electron chi connectivity index (χ4n) is 1.79. The quantitative estimate of drug-likeness (QED) is 0.501. The lowest BCUT2D eigenvalue weighted by molar-refractivity contribution is -0.159. The fourth-order valence-corrected chi connectivity index (χ4v) is 1.79. The summed E-state index contributed by atoms with van der Waals surface area (Å²) in [6, 6.07) is 3.30. The second-order valence-electron chi connectivity index (χ2n) is 5.36. The predicted molar refractivity (Wildman–Crippen MR) is 91.8 cm³/mol. The van der Waals surface area contributed by atoms with E-state index < -0.39 is 23.6 Å². The maximum absolute atomic E-state index is 13.0. The molecule has 1 aromatic rings. The summed E-state index contributed by atoms with van der Waals surface area (Å²) in [7, 11) is 0. The minimum absolute atomic E-state index is 0.226. The summed E-state index contributed by atoms with van der Waals surface area (Å²) >= 11 is 0. The molecule has 0 aromatic heterocycles. The molecule has 0 fully saturated rings. The first-order chi connectivity index (χ1) is 12.1. The normalized spacial score (nSPS) is 9.88. The molecule has 0 saturated carbocycles. The van der Waals surface area contributed by atoms with Crippen LogP contribution >= 0.6 is 0 Å². The second-order valence-corrected chi connectivity index (χ2v) is 5.36. The number of anilines is 1. The topological polar surface area (TPSA) is 107 Å². The van der Waals surface area contributed by atoms with Crippen LogP contribution in [0.15, 0.2) is 30.4 Å². The molecule has 1 aromatic carbocycles. The molecule has 0 bridgehead atoms. The van der Waals surface area contributed by atoms with Crippen molar-refractivity contribution in [1.29, 1.82) is 0 Å². The highest BCUT2D eigenvalue weighted by atomic mass is 19.2. The van der Waals surface area contributed by atoms with Crippen LogP contribution in [-0.2, 0) is 14.4 Å². The zero-order valence-corrected chi connectivity index (χ0v) is 14.6. The van der Waals surface area contributed by atoms with Crippen LogP contribution in [0.1, 0.15) is 20.3 Å². The van der Waals surface area contributed by atoms with Crippen molar-refractivity contribution in [3.05, 3.63) is 42.0 Å². The van der Waals surface area contributed by atoms with E-state index in [0.717, 1.165) is 30.8 Å². The lowest BCUT2D eigenvalue weighted by Crippen LogP contribution is -2.29. The van der Waals surface area contributed by atoms with Gasteiger partial charge in [-0.1, -0.05) is 19.1 Å². The van der Waals surface area contributed by atoms with Crippen molar-refractivity contribution in [2.24, 2.45) is 0 Å². The number of carboxylic acid groups (broad SMARTS) is 2. The van der Waals surface area contributed by atoms with Crippen LogP contribution in [0.4, 0.5) is 14.5 Å². The molecule has 3 N–H and O–H groups in total. The smallest absolute Gasteiger partial charge is 0.414 e. The Morgan fingerprint density at radius 1 is 1.15 bits per heavy atom. The lowest BCUT2D eigenvalue weighted by atomic mass is 10.2. The Balaban J connectivity index is 0.000000896. The molecule has 0 saturated heterocycles. The number of benzene rings is 1. The summed E-state index contributed by atoms with van der Waals surface area (Å²) in [6.07, 6.45) is 0.292. The summed E-state index contributed by atoms with van der Waals surface area (Å²) in [4.78, 5) is 32.0. The van der Waals surface area contributed by atoms with Crippen LogP contribution < -0.4 is 5.32 Å². The van der Waals surface area contributed by atoms with E-state index in [9.17, 15) is 13.6 Å². The molecule has 144 valence electrons. The molecule has 0 radical (unpaired) electrons. The molecule has 0 heterocycles. The molecule has 0 spiro atoms. The van der Waals surface area contributed by atoms with Crippen molar-refractivity contribution in [2.45, 2.75) is 20.3 Å². The molecule has 0 unspecified atom stereocenters. The van der Waals surface area contributed by atoms with Crippen molar-refractivity contribution in [3.63, 3.8) is 0 Å². The fraction of sp³-hybridized carbons (Fsp3) is 0.353. The van der Waals surface area contributed by atoms with Gasteiger partial charge in [-0.3, -0.25) is 9.69 Å². The monoisotopic (exact) mass is 372 g/mol.